The second-order valence-electron chi connectivity index (χ2n) is 2.59. The van der Waals surface area contributed by atoms with Crippen molar-refractivity contribution in [3.63, 3.8) is 0 Å². The van der Waals surface area contributed by atoms with Crippen molar-refractivity contribution in [3.05, 3.63) is 60.8 Å². The summed E-state index contributed by atoms with van der Waals surface area (Å²) in [5.74, 6) is 0. The molecule has 0 aliphatic carbocycles. The van der Waals surface area contributed by atoms with Gasteiger partial charge in [0.2, 0.25) is 0 Å². The van der Waals surface area contributed by atoms with Gasteiger partial charge in [-0.25, -0.2) is 0 Å². The van der Waals surface area contributed by atoms with Gasteiger partial charge in [0.15, 0.2) is 0 Å². The molecule has 0 bridgehead atoms. The maximum atomic E-state index is 3.92. The first kappa shape index (κ1) is 10.7. The molecule has 0 saturated carbocycles. The molecule has 0 aromatic rings. The summed E-state index contributed by atoms with van der Waals surface area (Å²) in [5, 5.41) is 0. The summed E-state index contributed by atoms with van der Waals surface area (Å²) in [4.78, 5) is 0. The van der Waals surface area contributed by atoms with Crippen molar-refractivity contribution in [2.45, 2.75) is 13.8 Å². The molecule has 64 valence electrons. The molecule has 0 rings (SSSR count). The molecule has 0 aliphatic heterocycles. The van der Waals surface area contributed by atoms with Gasteiger partial charge < -0.3 is 0 Å². The molecular weight excluding hydrogens is 144 g/mol. The third-order valence-corrected chi connectivity index (χ3v) is 1.60. The highest BCUT2D eigenvalue weighted by molar-refractivity contribution is 5.48. The van der Waals surface area contributed by atoms with Crippen LogP contribution in [0.5, 0.6) is 0 Å². The lowest BCUT2D eigenvalue weighted by Gasteiger charge is -2.04. The highest BCUT2D eigenvalue weighted by Gasteiger charge is 1.96. The molecule has 0 nitrogen and oxygen atoms in total. The van der Waals surface area contributed by atoms with Gasteiger partial charge in [-0.15, -0.1) is 0 Å². The third-order valence-electron chi connectivity index (χ3n) is 1.60. The summed E-state index contributed by atoms with van der Waals surface area (Å²) in [6, 6.07) is 0. The molecule has 0 heteroatoms. The summed E-state index contributed by atoms with van der Waals surface area (Å²) < 4.78 is 0. The van der Waals surface area contributed by atoms with Crippen LogP contribution < -0.4 is 0 Å². The SMILES string of the molecule is C=C/C=C(/C)C(=C)C(=C)/C=C\C. The van der Waals surface area contributed by atoms with Gasteiger partial charge in [0, 0.05) is 0 Å². The van der Waals surface area contributed by atoms with E-state index in [0.29, 0.717) is 0 Å². The van der Waals surface area contributed by atoms with E-state index in [9.17, 15) is 0 Å². The molecule has 0 atom stereocenters. The number of rotatable bonds is 4. The van der Waals surface area contributed by atoms with Gasteiger partial charge in [-0.1, -0.05) is 44.0 Å². The van der Waals surface area contributed by atoms with Crippen molar-refractivity contribution >= 4 is 0 Å². The third kappa shape index (κ3) is 3.20. The molecule has 0 aromatic heterocycles. The molecule has 0 radical (unpaired) electrons. The molecule has 0 aromatic carbocycles. The molecule has 12 heavy (non-hydrogen) atoms. The monoisotopic (exact) mass is 160 g/mol. The quantitative estimate of drug-likeness (QED) is 0.549. The standard InChI is InChI=1S/C12H16/c1-6-8-10(3)12(5)11(4)9-7-2/h6-9H,1,4-5H2,2-3H3/b9-7-,10-8-. The Bertz CT molecular complexity index is 249. The van der Waals surface area contributed by atoms with Crippen molar-refractivity contribution in [1.82, 2.24) is 0 Å². The summed E-state index contributed by atoms with van der Waals surface area (Å²) in [6.07, 6.45) is 7.58. The van der Waals surface area contributed by atoms with Gasteiger partial charge in [-0.05, 0) is 30.6 Å². The van der Waals surface area contributed by atoms with Crippen molar-refractivity contribution in [1.29, 1.82) is 0 Å². The number of hydrogen-bond acceptors (Lipinski definition) is 0. The van der Waals surface area contributed by atoms with E-state index < -0.39 is 0 Å². The zero-order valence-electron chi connectivity index (χ0n) is 7.93. The zero-order chi connectivity index (χ0) is 9.56. The van der Waals surface area contributed by atoms with Crippen LogP contribution >= 0.6 is 0 Å². The Balaban J connectivity index is 4.50. The van der Waals surface area contributed by atoms with Gasteiger partial charge in [0.25, 0.3) is 0 Å². The van der Waals surface area contributed by atoms with Crippen LogP contribution in [0.2, 0.25) is 0 Å². The number of allylic oxidation sites excluding steroid dienone is 7. The maximum absolute atomic E-state index is 3.92. The fourth-order valence-electron chi connectivity index (χ4n) is 0.832. The molecule has 0 amide bonds. The Hall–Kier alpha value is -1.30. The zero-order valence-corrected chi connectivity index (χ0v) is 7.93. The maximum Gasteiger partial charge on any atom is -0.0233 e. The Morgan fingerprint density at radius 1 is 1.25 bits per heavy atom. The van der Waals surface area contributed by atoms with Crippen molar-refractivity contribution in [3.8, 4) is 0 Å². The van der Waals surface area contributed by atoms with Crippen LogP contribution in [0, 0.1) is 0 Å². The summed E-state index contributed by atoms with van der Waals surface area (Å²) >= 11 is 0. The lowest BCUT2D eigenvalue weighted by molar-refractivity contribution is 1.40. The molecule has 0 unspecified atom stereocenters. The second-order valence-corrected chi connectivity index (χ2v) is 2.59. The van der Waals surface area contributed by atoms with Gasteiger partial charge in [-0.3, -0.25) is 0 Å². The Morgan fingerprint density at radius 2 is 1.83 bits per heavy atom. The normalized spacial score (nSPS) is 11.7. The second kappa shape index (κ2) is 5.36. The Kier molecular flexibility index (Phi) is 4.78. The van der Waals surface area contributed by atoms with Crippen LogP contribution in [0.15, 0.2) is 60.8 Å². The average Bonchev–Trinajstić information content (AvgIpc) is 2.04. The average molecular weight is 160 g/mol. The predicted molar refractivity (Wildman–Crippen MR) is 57.0 cm³/mol. The van der Waals surface area contributed by atoms with Gasteiger partial charge in [0.1, 0.15) is 0 Å². The fraction of sp³-hybridized carbons (Fsp3) is 0.167. The smallest absolute Gasteiger partial charge is 0.0233 e. The fourth-order valence-corrected chi connectivity index (χ4v) is 0.832. The van der Waals surface area contributed by atoms with Crippen molar-refractivity contribution < 1.29 is 0 Å². The van der Waals surface area contributed by atoms with Crippen LogP contribution in [0.4, 0.5) is 0 Å². The Morgan fingerprint density at radius 3 is 2.25 bits per heavy atom. The van der Waals surface area contributed by atoms with Crippen LogP contribution in [-0.4, -0.2) is 0 Å². The minimum absolute atomic E-state index is 0.952. The summed E-state index contributed by atoms with van der Waals surface area (Å²) in [7, 11) is 0. The van der Waals surface area contributed by atoms with Crippen LogP contribution in [0.1, 0.15) is 13.8 Å². The number of hydrogen-bond donors (Lipinski definition) is 0. The first-order valence-corrected chi connectivity index (χ1v) is 3.94. The molecule has 0 fully saturated rings. The van der Waals surface area contributed by atoms with E-state index >= 15 is 0 Å². The molecule has 0 heterocycles. The van der Waals surface area contributed by atoms with Gasteiger partial charge in [-0.2, -0.15) is 0 Å². The summed E-state index contributed by atoms with van der Waals surface area (Å²) in [5.41, 5.74) is 3.02. The molecular formula is C12H16. The molecule has 0 spiro atoms. The van der Waals surface area contributed by atoms with Crippen LogP contribution in [-0.2, 0) is 0 Å². The van der Waals surface area contributed by atoms with Crippen molar-refractivity contribution in [2.24, 2.45) is 0 Å². The molecule has 0 aliphatic rings. The summed E-state index contributed by atoms with van der Waals surface area (Å²) in [6.45, 7) is 15.4. The van der Waals surface area contributed by atoms with Gasteiger partial charge in [0.05, 0.1) is 0 Å². The van der Waals surface area contributed by atoms with E-state index in [1.54, 1.807) is 6.08 Å². The van der Waals surface area contributed by atoms with Crippen LogP contribution in [0.25, 0.3) is 0 Å². The topological polar surface area (TPSA) is 0 Å². The van der Waals surface area contributed by atoms with E-state index in [1.165, 1.54) is 0 Å². The largest absolute Gasteiger partial charge is 0.0991 e. The minimum Gasteiger partial charge on any atom is -0.0991 e. The molecule has 0 saturated heterocycles. The first-order chi connectivity index (χ1) is 5.63. The highest BCUT2D eigenvalue weighted by Crippen LogP contribution is 2.16. The molecule has 0 N–H and O–H groups in total. The Labute approximate surface area is 75.3 Å². The minimum atomic E-state index is 0.952. The van der Waals surface area contributed by atoms with Crippen LogP contribution in [0.3, 0.4) is 0 Å². The van der Waals surface area contributed by atoms with E-state index in [4.69, 9.17) is 0 Å². The van der Waals surface area contributed by atoms with E-state index in [-0.39, 0.29) is 0 Å². The predicted octanol–water partition coefficient (Wildman–Crippen LogP) is 3.81. The van der Waals surface area contributed by atoms with Crippen molar-refractivity contribution in [2.75, 3.05) is 0 Å². The van der Waals surface area contributed by atoms with Gasteiger partial charge >= 0.3 is 0 Å². The first-order valence-electron chi connectivity index (χ1n) is 3.94. The van der Waals surface area contributed by atoms with E-state index in [2.05, 4.69) is 19.7 Å². The highest BCUT2D eigenvalue weighted by atomic mass is 14.0. The van der Waals surface area contributed by atoms with E-state index in [0.717, 1.165) is 16.7 Å². The van der Waals surface area contributed by atoms with E-state index in [1.807, 2.05) is 32.1 Å². The lowest BCUT2D eigenvalue weighted by Crippen LogP contribution is -1.84. The lowest BCUT2D eigenvalue weighted by atomic mass is 10.0.